The summed E-state index contributed by atoms with van der Waals surface area (Å²) in [5.74, 6) is 0. The van der Waals surface area contributed by atoms with Crippen LogP contribution in [0.1, 0.15) is 25.1 Å². The second kappa shape index (κ2) is 5.98. The molecule has 11 heavy (non-hydrogen) atoms. The molecule has 0 aromatic carbocycles. The Labute approximate surface area is 68.6 Å². The first-order valence-electron chi connectivity index (χ1n) is 3.96. The highest BCUT2D eigenvalue weighted by Crippen LogP contribution is 2.01. The van der Waals surface area contributed by atoms with E-state index in [1.165, 1.54) is 5.56 Å². The second-order valence-electron chi connectivity index (χ2n) is 2.14. The molecule has 0 atom stereocenters. The van der Waals surface area contributed by atoms with Gasteiger partial charge in [-0.3, -0.25) is 0 Å². The maximum atomic E-state index is 4.91. The summed E-state index contributed by atoms with van der Waals surface area (Å²) >= 11 is 0. The monoisotopic (exact) mass is 155 g/mol. The van der Waals surface area contributed by atoms with Gasteiger partial charge < -0.3 is 9.72 Å². The van der Waals surface area contributed by atoms with Gasteiger partial charge in [0.15, 0.2) is 0 Å². The van der Waals surface area contributed by atoms with Gasteiger partial charge in [-0.15, -0.1) is 0 Å². The topological polar surface area (TPSA) is 25.0 Å². The normalized spacial score (nSPS) is 8.73. The molecule has 0 amide bonds. The molecule has 1 N–H and O–H groups in total. The standard InChI is InChI=1S/C7H11NO.C2H6/c1-6-3-7(5-9-2)8-4-6;1-2/h3-4,8H,5H2,1-2H3;1-2H3. The number of rotatable bonds is 2. The summed E-state index contributed by atoms with van der Waals surface area (Å²) in [4.78, 5) is 3.08. The molecule has 0 spiro atoms. The van der Waals surface area contributed by atoms with Crippen molar-refractivity contribution in [1.82, 2.24) is 4.98 Å². The number of hydrogen-bond donors (Lipinski definition) is 1. The van der Waals surface area contributed by atoms with Crippen LogP contribution in [0.4, 0.5) is 0 Å². The van der Waals surface area contributed by atoms with Gasteiger partial charge in [0.1, 0.15) is 0 Å². The quantitative estimate of drug-likeness (QED) is 0.697. The van der Waals surface area contributed by atoms with Crippen LogP contribution in [0.5, 0.6) is 0 Å². The first kappa shape index (κ1) is 10.2. The first-order chi connectivity index (χ1) is 5.33. The molecule has 0 saturated carbocycles. The van der Waals surface area contributed by atoms with Crippen molar-refractivity contribution in [1.29, 1.82) is 0 Å². The molecule has 0 aliphatic carbocycles. The fourth-order valence-electron chi connectivity index (χ4n) is 0.804. The van der Waals surface area contributed by atoms with Crippen LogP contribution in [0.3, 0.4) is 0 Å². The summed E-state index contributed by atoms with van der Waals surface area (Å²) < 4.78 is 4.91. The van der Waals surface area contributed by atoms with E-state index in [2.05, 4.69) is 18.0 Å². The predicted octanol–water partition coefficient (Wildman–Crippen LogP) is 2.50. The Morgan fingerprint density at radius 3 is 2.45 bits per heavy atom. The van der Waals surface area contributed by atoms with Crippen LogP contribution in [0.2, 0.25) is 0 Å². The first-order valence-corrected chi connectivity index (χ1v) is 3.96. The van der Waals surface area contributed by atoms with Crippen molar-refractivity contribution in [2.75, 3.05) is 7.11 Å². The Hall–Kier alpha value is -0.760. The minimum Gasteiger partial charge on any atom is -0.378 e. The molecule has 0 saturated heterocycles. The van der Waals surface area contributed by atoms with E-state index in [-0.39, 0.29) is 0 Å². The van der Waals surface area contributed by atoms with Gasteiger partial charge in [0.25, 0.3) is 0 Å². The lowest BCUT2D eigenvalue weighted by atomic mass is 10.3. The molecule has 0 unspecified atom stereocenters. The molecule has 0 aliphatic heterocycles. The molecule has 0 radical (unpaired) electrons. The van der Waals surface area contributed by atoms with E-state index in [1.54, 1.807) is 7.11 Å². The van der Waals surface area contributed by atoms with E-state index in [0.29, 0.717) is 6.61 Å². The molecule has 64 valence electrons. The van der Waals surface area contributed by atoms with Crippen molar-refractivity contribution in [3.8, 4) is 0 Å². The second-order valence-corrected chi connectivity index (χ2v) is 2.14. The zero-order valence-corrected chi connectivity index (χ0v) is 7.77. The van der Waals surface area contributed by atoms with E-state index >= 15 is 0 Å². The molecule has 0 bridgehead atoms. The van der Waals surface area contributed by atoms with Gasteiger partial charge in [-0.1, -0.05) is 13.8 Å². The average Bonchev–Trinajstić information content (AvgIpc) is 2.41. The molecule has 0 fully saturated rings. The van der Waals surface area contributed by atoms with Crippen LogP contribution < -0.4 is 0 Å². The number of ether oxygens (including phenoxy) is 1. The number of nitrogens with one attached hydrogen (secondary N) is 1. The zero-order valence-electron chi connectivity index (χ0n) is 7.77. The smallest absolute Gasteiger partial charge is 0.0862 e. The molecular formula is C9H17NO. The van der Waals surface area contributed by atoms with Crippen LogP contribution in [0.25, 0.3) is 0 Å². The van der Waals surface area contributed by atoms with Crippen LogP contribution in [0, 0.1) is 6.92 Å². The molecule has 1 rings (SSSR count). The maximum absolute atomic E-state index is 4.91. The Morgan fingerprint density at radius 1 is 1.45 bits per heavy atom. The lowest BCUT2D eigenvalue weighted by Crippen LogP contribution is -1.84. The summed E-state index contributed by atoms with van der Waals surface area (Å²) in [6.07, 6.45) is 1.97. The number of H-pyrrole nitrogens is 1. The van der Waals surface area contributed by atoms with E-state index in [0.717, 1.165) is 5.69 Å². The van der Waals surface area contributed by atoms with Crippen LogP contribution in [-0.2, 0) is 11.3 Å². The van der Waals surface area contributed by atoms with Gasteiger partial charge in [-0.2, -0.15) is 0 Å². The highest BCUT2D eigenvalue weighted by molar-refractivity contribution is 5.13. The van der Waals surface area contributed by atoms with E-state index < -0.39 is 0 Å². The van der Waals surface area contributed by atoms with Crippen LogP contribution in [0.15, 0.2) is 12.3 Å². The molecule has 1 aromatic rings. The summed E-state index contributed by atoms with van der Waals surface area (Å²) in [5, 5.41) is 0. The summed E-state index contributed by atoms with van der Waals surface area (Å²) in [6, 6.07) is 2.07. The predicted molar refractivity (Wildman–Crippen MR) is 47.6 cm³/mol. The van der Waals surface area contributed by atoms with Gasteiger partial charge in [-0.05, 0) is 18.6 Å². The minimum atomic E-state index is 0.674. The lowest BCUT2D eigenvalue weighted by molar-refractivity contribution is 0.182. The molecule has 1 aromatic heterocycles. The Kier molecular flexibility index (Phi) is 5.57. The van der Waals surface area contributed by atoms with Crippen molar-refractivity contribution in [2.24, 2.45) is 0 Å². The SMILES string of the molecule is CC.COCc1cc(C)c[nH]1. The molecule has 1 heterocycles. The Morgan fingerprint density at radius 2 is 2.09 bits per heavy atom. The van der Waals surface area contributed by atoms with Gasteiger partial charge in [0.05, 0.1) is 6.61 Å². The van der Waals surface area contributed by atoms with Gasteiger partial charge in [0, 0.05) is 19.0 Å². The van der Waals surface area contributed by atoms with Gasteiger partial charge in [0.2, 0.25) is 0 Å². The number of methoxy groups -OCH3 is 1. The van der Waals surface area contributed by atoms with Gasteiger partial charge >= 0.3 is 0 Å². The van der Waals surface area contributed by atoms with Gasteiger partial charge in [-0.25, -0.2) is 0 Å². The van der Waals surface area contributed by atoms with Crippen molar-refractivity contribution < 1.29 is 4.74 Å². The number of aryl methyl sites for hydroxylation is 1. The van der Waals surface area contributed by atoms with Crippen LogP contribution >= 0.6 is 0 Å². The highest BCUT2D eigenvalue weighted by atomic mass is 16.5. The third-order valence-electron chi connectivity index (χ3n) is 1.19. The molecule has 0 aliphatic rings. The highest BCUT2D eigenvalue weighted by Gasteiger charge is 1.91. The fraction of sp³-hybridized carbons (Fsp3) is 0.556. The largest absolute Gasteiger partial charge is 0.378 e. The summed E-state index contributed by atoms with van der Waals surface area (Å²) in [6.45, 7) is 6.73. The zero-order chi connectivity index (χ0) is 8.69. The van der Waals surface area contributed by atoms with Crippen molar-refractivity contribution >= 4 is 0 Å². The Bertz CT molecular complexity index is 181. The van der Waals surface area contributed by atoms with Crippen molar-refractivity contribution in [3.63, 3.8) is 0 Å². The van der Waals surface area contributed by atoms with E-state index in [1.807, 2.05) is 20.0 Å². The van der Waals surface area contributed by atoms with Crippen molar-refractivity contribution in [2.45, 2.75) is 27.4 Å². The number of aromatic amines is 1. The number of aromatic nitrogens is 1. The maximum Gasteiger partial charge on any atom is 0.0862 e. The fourth-order valence-corrected chi connectivity index (χ4v) is 0.804. The minimum absolute atomic E-state index is 0.674. The third-order valence-corrected chi connectivity index (χ3v) is 1.19. The van der Waals surface area contributed by atoms with Crippen LogP contribution in [-0.4, -0.2) is 12.1 Å². The Balaban J connectivity index is 0.000000461. The number of hydrogen-bond acceptors (Lipinski definition) is 1. The van der Waals surface area contributed by atoms with Crippen molar-refractivity contribution in [3.05, 3.63) is 23.5 Å². The average molecular weight is 155 g/mol. The summed E-state index contributed by atoms with van der Waals surface area (Å²) in [7, 11) is 1.69. The summed E-state index contributed by atoms with van der Waals surface area (Å²) in [5.41, 5.74) is 2.39. The third kappa shape index (κ3) is 3.83. The lowest BCUT2D eigenvalue weighted by Gasteiger charge is -1.90. The molecule has 2 heteroatoms. The molecular weight excluding hydrogens is 138 g/mol. The van der Waals surface area contributed by atoms with E-state index in [9.17, 15) is 0 Å². The molecule has 2 nitrogen and oxygen atoms in total. The van der Waals surface area contributed by atoms with E-state index in [4.69, 9.17) is 4.74 Å².